The zero-order valence-electron chi connectivity index (χ0n) is 15.3. The van der Waals surface area contributed by atoms with Crippen LogP contribution in [-0.2, 0) is 0 Å². The Hall–Kier alpha value is -1.15. The van der Waals surface area contributed by atoms with E-state index in [4.69, 9.17) is 23.2 Å². The molecule has 8 atom stereocenters. The van der Waals surface area contributed by atoms with Gasteiger partial charge in [-0.15, -0.1) is 11.6 Å². The smallest absolute Gasteiger partial charge is 0.226 e. The van der Waals surface area contributed by atoms with Crippen molar-refractivity contribution in [2.75, 3.05) is 11.2 Å². The van der Waals surface area contributed by atoms with E-state index in [1.807, 2.05) is 4.57 Å². The molecule has 4 aliphatic carbocycles. The Morgan fingerprint density at radius 2 is 2.11 bits per heavy atom. The molecule has 150 valence electrons. The van der Waals surface area contributed by atoms with E-state index in [-0.39, 0.29) is 17.2 Å². The standard InChI is InChI=1S/C19H23Cl2N5O2/c20-6-19-5-10(19)13(14(27)15(19)28)26-7-22-12-16(24-18(21)25-17(12)26)23-11-4-8-1-2-9(11)3-8/h7-11,13-15,27-28H,1-6H2,(H,23,24,25)/t8?,9?,10?,11?,13-,14+,15+,19?/m1/s1. The van der Waals surface area contributed by atoms with Crippen molar-refractivity contribution < 1.29 is 10.2 Å². The third-order valence-electron chi connectivity index (χ3n) is 7.88. The van der Waals surface area contributed by atoms with Crippen LogP contribution in [0.1, 0.15) is 38.1 Å². The van der Waals surface area contributed by atoms with Gasteiger partial charge in [-0.3, -0.25) is 0 Å². The predicted octanol–water partition coefficient (Wildman–Crippen LogP) is 2.60. The molecule has 2 bridgehead atoms. The van der Waals surface area contributed by atoms with E-state index in [0.29, 0.717) is 34.8 Å². The maximum atomic E-state index is 10.7. The molecule has 6 rings (SSSR count). The average molecular weight is 424 g/mol. The number of rotatable bonds is 4. The quantitative estimate of drug-likeness (QED) is 0.516. The molecule has 0 amide bonds. The SMILES string of the molecule is O[C@H]1[C@H](n2cnc3c(NC4CC5CCC4C5)nc(Cl)nc32)C2CC2(CCl)[C@H]1O. The van der Waals surface area contributed by atoms with Crippen LogP contribution in [-0.4, -0.2) is 53.9 Å². The summed E-state index contributed by atoms with van der Waals surface area (Å²) < 4.78 is 1.86. The number of nitrogens with zero attached hydrogens (tertiary/aromatic N) is 4. The number of hydrogen-bond donors (Lipinski definition) is 3. The summed E-state index contributed by atoms with van der Waals surface area (Å²) in [7, 11) is 0. The number of aliphatic hydroxyl groups excluding tert-OH is 2. The molecule has 3 N–H and O–H groups in total. The maximum Gasteiger partial charge on any atom is 0.226 e. The highest BCUT2D eigenvalue weighted by Gasteiger charge is 2.71. The van der Waals surface area contributed by atoms with Gasteiger partial charge in [0.05, 0.1) is 18.5 Å². The molecule has 4 saturated carbocycles. The number of hydrogen-bond acceptors (Lipinski definition) is 6. The zero-order valence-corrected chi connectivity index (χ0v) is 16.8. The molecule has 9 heteroatoms. The molecule has 2 aromatic rings. The van der Waals surface area contributed by atoms with Gasteiger partial charge in [-0.2, -0.15) is 9.97 Å². The van der Waals surface area contributed by atoms with Gasteiger partial charge in [-0.25, -0.2) is 4.98 Å². The molecule has 0 spiro atoms. The minimum absolute atomic E-state index is 0.114. The first kappa shape index (κ1) is 17.7. The Kier molecular flexibility index (Phi) is 3.75. The third kappa shape index (κ3) is 2.27. The van der Waals surface area contributed by atoms with Gasteiger partial charge < -0.3 is 20.1 Å². The zero-order chi connectivity index (χ0) is 19.2. The van der Waals surface area contributed by atoms with Crippen LogP contribution in [0.5, 0.6) is 0 Å². The van der Waals surface area contributed by atoms with Crippen LogP contribution >= 0.6 is 23.2 Å². The molecular weight excluding hydrogens is 401 g/mol. The van der Waals surface area contributed by atoms with Crippen LogP contribution in [0.25, 0.3) is 11.2 Å². The number of aromatic nitrogens is 4. The second-order valence-corrected chi connectivity index (χ2v) is 9.80. The number of alkyl halides is 1. The Morgan fingerprint density at radius 3 is 2.79 bits per heavy atom. The van der Waals surface area contributed by atoms with Crippen LogP contribution in [0, 0.1) is 23.2 Å². The first-order valence-corrected chi connectivity index (χ1v) is 11.0. The first-order valence-electron chi connectivity index (χ1n) is 10.1. The number of halogens is 2. The lowest BCUT2D eigenvalue weighted by atomic mass is 9.95. The van der Waals surface area contributed by atoms with Gasteiger partial charge in [0.2, 0.25) is 5.28 Å². The fourth-order valence-corrected chi connectivity index (χ4v) is 6.94. The molecule has 0 radical (unpaired) electrons. The summed E-state index contributed by atoms with van der Waals surface area (Å²) in [5, 5.41) is 24.9. The fourth-order valence-electron chi connectivity index (χ4n) is 6.31. The van der Waals surface area contributed by atoms with Crippen molar-refractivity contribution in [3.63, 3.8) is 0 Å². The molecule has 2 aromatic heterocycles. The molecule has 7 nitrogen and oxygen atoms in total. The van der Waals surface area contributed by atoms with Crippen molar-refractivity contribution in [2.45, 2.75) is 56.4 Å². The fraction of sp³-hybridized carbons (Fsp3) is 0.737. The van der Waals surface area contributed by atoms with Gasteiger partial charge >= 0.3 is 0 Å². The van der Waals surface area contributed by atoms with Crippen LogP contribution in [0.2, 0.25) is 5.28 Å². The molecule has 2 heterocycles. The Bertz CT molecular complexity index is 954. The highest BCUT2D eigenvalue weighted by molar-refractivity contribution is 6.28. The van der Waals surface area contributed by atoms with Crippen molar-refractivity contribution in [2.24, 2.45) is 23.2 Å². The van der Waals surface area contributed by atoms with Gasteiger partial charge in [0.1, 0.15) is 6.10 Å². The second-order valence-electron chi connectivity index (χ2n) is 9.19. The summed E-state index contributed by atoms with van der Waals surface area (Å²) in [6.45, 7) is 0. The molecule has 4 fully saturated rings. The van der Waals surface area contributed by atoms with Crippen LogP contribution in [0.4, 0.5) is 5.82 Å². The maximum absolute atomic E-state index is 10.7. The van der Waals surface area contributed by atoms with Gasteiger partial charge in [0.15, 0.2) is 17.0 Å². The number of nitrogens with one attached hydrogen (secondary N) is 1. The van der Waals surface area contributed by atoms with Gasteiger partial charge in [-0.05, 0) is 55.0 Å². The van der Waals surface area contributed by atoms with Crippen molar-refractivity contribution in [3.8, 4) is 0 Å². The van der Waals surface area contributed by atoms with Crippen molar-refractivity contribution >= 4 is 40.2 Å². The van der Waals surface area contributed by atoms with Crippen LogP contribution < -0.4 is 5.32 Å². The van der Waals surface area contributed by atoms with Crippen LogP contribution in [0.3, 0.4) is 0 Å². The van der Waals surface area contributed by atoms with E-state index in [9.17, 15) is 10.2 Å². The summed E-state index contributed by atoms with van der Waals surface area (Å²) in [5.41, 5.74) is 0.862. The lowest BCUT2D eigenvalue weighted by Gasteiger charge is -2.24. The minimum atomic E-state index is -0.898. The summed E-state index contributed by atoms with van der Waals surface area (Å²) in [4.78, 5) is 13.4. The van der Waals surface area contributed by atoms with Crippen molar-refractivity contribution in [1.82, 2.24) is 19.5 Å². The molecule has 4 aliphatic rings. The number of anilines is 1. The van der Waals surface area contributed by atoms with Gasteiger partial charge in [0, 0.05) is 17.3 Å². The lowest BCUT2D eigenvalue weighted by Crippen LogP contribution is -2.34. The van der Waals surface area contributed by atoms with Crippen molar-refractivity contribution in [1.29, 1.82) is 0 Å². The topological polar surface area (TPSA) is 96.1 Å². The highest BCUT2D eigenvalue weighted by Crippen LogP contribution is 2.68. The van der Waals surface area contributed by atoms with E-state index >= 15 is 0 Å². The van der Waals surface area contributed by atoms with E-state index < -0.39 is 17.6 Å². The molecular formula is C19H23Cl2N5O2. The van der Waals surface area contributed by atoms with Crippen LogP contribution in [0.15, 0.2) is 6.33 Å². The van der Waals surface area contributed by atoms with Gasteiger partial charge in [0.25, 0.3) is 0 Å². The first-order chi connectivity index (χ1) is 13.5. The van der Waals surface area contributed by atoms with E-state index in [0.717, 1.165) is 12.3 Å². The largest absolute Gasteiger partial charge is 0.390 e. The molecule has 0 saturated heterocycles. The Labute approximate surface area is 172 Å². The third-order valence-corrected chi connectivity index (χ3v) is 8.54. The number of imidazole rings is 1. The molecule has 0 aromatic carbocycles. The minimum Gasteiger partial charge on any atom is -0.390 e. The summed E-state index contributed by atoms with van der Waals surface area (Å²) in [5.74, 6) is 2.63. The predicted molar refractivity (Wildman–Crippen MR) is 106 cm³/mol. The van der Waals surface area contributed by atoms with E-state index in [1.165, 1.54) is 25.7 Å². The normalized spacial score (nSPS) is 43.6. The highest BCUT2D eigenvalue weighted by atomic mass is 35.5. The average Bonchev–Trinajstić information content (AvgIpc) is 3.04. The summed E-state index contributed by atoms with van der Waals surface area (Å²) >= 11 is 12.4. The summed E-state index contributed by atoms with van der Waals surface area (Å²) in [6, 6.07) is 0.101. The number of fused-ring (bicyclic) bond motifs is 4. The lowest BCUT2D eigenvalue weighted by molar-refractivity contribution is -0.0129. The van der Waals surface area contributed by atoms with Gasteiger partial charge in [-0.1, -0.05) is 6.42 Å². The Balaban J connectivity index is 1.37. The van der Waals surface area contributed by atoms with Crippen molar-refractivity contribution in [3.05, 3.63) is 11.6 Å². The molecule has 28 heavy (non-hydrogen) atoms. The van der Waals surface area contributed by atoms with E-state index in [1.54, 1.807) is 6.33 Å². The number of aliphatic hydroxyl groups is 2. The monoisotopic (exact) mass is 423 g/mol. The molecule has 5 unspecified atom stereocenters. The van der Waals surface area contributed by atoms with E-state index in [2.05, 4.69) is 20.3 Å². The molecule has 0 aliphatic heterocycles. The summed E-state index contributed by atoms with van der Waals surface area (Å²) in [6.07, 6.45) is 5.83. The second kappa shape index (κ2) is 5.94. The Morgan fingerprint density at radius 1 is 1.25 bits per heavy atom.